The lowest BCUT2D eigenvalue weighted by Crippen LogP contribution is -2.35. The number of nitrogens with zero attached hydrogens (tertiary/aromatic N) is 2. The van der Waals surface area contributed by atoms with Crippen molar-refractivity contribution in [2.75, 3.05) is 13.1 Å². The molecule has 0 spiro atoms. The second-order valence-corrected chi connectivity index (χ2v) is 5.27. The van der Waals surface area contributed by atoms with Gasteiger partial charge < -0.3 is 9.88 Å². The standard InChI is InChI=1S/C17H17N3O/c18-12-14-6-7-16(13-4-2-1-3-5-13)20(17(14)21)15-8-10-19-11-9-15/h1-7,15,19H,8-11H2. The van der Waals surface area contributed by atoms with E-state index in [4.69, 9.17) is 5.26 Å². The highest BCUT2D eigenvalue weighted by Gasteiger charge is 2.20. The summed E-state index contributed by atoms with van der Waals surface area (Å²) in [5.41, 5.74) is 1.95. The van der Waals surface area contributed by atoms with Crippen molar-refractivity contribution in [3.63, 3.8) is 0 Å². The number of rotatable bonds is 2. The second-order valence-electron chi connectivity index (χ2n) is 5.27. The summed E-state index contributed by atoms with van der Waals surface area (Å²) in [6.07, 6.45) is 1.82. The molecule has 0 radical (unpaired) electrons. The zero-order chi connectivity index (χ0) is 14.7. The van der Waals surface area contributed by atoms with Gasteiger partial charge >= 0.3 is 0 Å². The molecule has 1 saturated heterocycles. The maximum Gasteiger partial charge on any atom is 0.269 e. The smallest absolute Gasteiger partial charge is 0.269 e. The average Bonchev–Trinajstić information content (AvgIpc) is 2.56. The molecule has 0 bridgehead atoms. The molecule has 0 unspecified atom stereocenters. The molecular formula is C17H17N3O. The van der Waals surface area contributed by atoms with Gasteiger partial charge in [0.2, 0.25) is 0 Å². The topological polar surface area (TPSA) is 57.8 Å². The van der Waals surface area contributed by atoms with Gasteiger partial charge in [0.05, 0.1) is 5.69 Å². The van der Waals surface area contributed by atoms with E-state index in [0.717, 1.165) is 37.2 Å². The number of aromatic nitrogens is 1. The molecule has 1 aromatic heterocycles. The van der Waals surface area contributed by atoms with Crippen LogP contribution in [0.3, 0.4) is 0 Å². The highest BCUT2D eigenvalue weighted by molar-refractivity contribution is 5.60. The van der Waals surface area contributed by atoms with Gasteiger partial charge in [0.15, 0.2) is 0 Å². The molecule has 3 rings (SSSR count). The molecule has 0 saturated carbocycles. The molecule has 0 aliphatic carbocycles. The predicted molar refractivity (Wildman–Crippen MR) is 82.0 cm³/mol. The van der Waals surface area contributed by atoms with E-state index in [-0.39, 0.29) is 17.2 Å². The number of pyridine rings is 1. The first kappa shape index (κ1) is 13.6. The van der Waals surface area contributed by atoms with Gasteiger partial charge in [-0.25, -0.2) is 0 Å². The Morgan fingerprint density at radius 2 is 1.81 bits per heavy atom. The Morgan fingerprint density at radius 1 is 1.10 bits per heavy atom. The van der Waals surface area contributed by atoms with Crippen LogP contribution in [0.1, 0.15) is 24.4 Å². The summed E-state index contributed by atoms with van der Waals surface area (Å²) in [4.78, 5) is 12.6. The Morgan fingerprint density at radius 3 is 2.48 bits per heavy atom. The second kappa shape index (κ2) is 5.94. The van der Waals surface area contributed by atoms with Crippen molar-refractivity contribution in [2.24, 2.45) is 0 Å². The van der Waals surface area contributed by atoms with Crippen molar-refractivity contribution in [1.29, 1.82) is 5.26 Å². The van der Waals surface area contributed by atoms with Crippen LogP contribution < -0.4 is 10.9 Å². The fraction of sp³-hybridized carbons (Fsp3) is 0.294. The minimum Gasteiger partial charge on any atom is -0.317 e. The van der Waals surface area contributed by atoms with Crippen molar-refractivity contribution in [1.82, 2.24) is 9.88 Å². The first-order valence-electron chi connectivity index (χ1n) is 7.23. The van der Waals surface area contributed by atoms with Crippen LogP contribution in [0.15, 0.2) is 47.3 Å². The van der Waals surface area contributed by atoms with E-state index in [9.17, 15) is 4.79 Å². The summed E-state index contributed by atoms with van der Waals surface area (Å²) >= 11 is 0. The Hall–Kier alpha value is -2.38. The van der Waals surface area contributed by atoms with Crippen LogP contribution in [-0.2, 0) is 0 Å². The van der Waals surface area contributed by atoms with Crippen LogP contribution >= 0.6 is 0 Å². The minimum absolute atomic E-state index is 0.155. The molecule has 0 atom stereocenters. The van der Waals surface area contributed by atoms with E-state index in [1.54, 1.807) is 6.07 Å². The first-order chi connectivity index (χ1) is 10.3. The van der Waals surface area contributed by atoms with Crippen molar-refractivity contribution in [3.05, 3.63) is 58.4 Å². The largest absolute Gasteiger partial charge is 0.317 e. The summed E-state index contributed by atoms with van der Waals surface area (Å²) < 4.78 is 1.81. The van der Waals surface area contributed by atoms with Crippen LogP contribution in [0, 0.1) is 11.3 Å². The predicted octanol–water partition coefficient (Wildman–Crippen LogP) is 2.31. The summed E-state index contributed by atoms with van der Waals surface area (Å²) in [5.74, 6) is 0. The van der Waals surface area contributed by atoms with E-state index in [2.05, 4.69) is 5.32 Å². The van der Waals surface area contributed by atoms with Crippen LogP contribution in [0.4, 0.5) is 0 Å². The third-order valence-electron chi connectivity index (χ3n) is 3.98. The quantitative estimate of drug-likeness (QED) is 0.917. The van der Waals surface area contributed by atoms with Gasteiger partial charge in [0, 0.05) is 6.04 Å². The number of benzene rings is 1. The fourth-order valence-corrected chi connectivity index (χ4v) is 2.91. The number of piperidine rings is 1. The third-order valence-corrected chi connectivity index (χ3v) is 3.98. The van der Waals surface area contributed by atoms with Gasteiger partial charge in [-0.3, -0.25) is 4.79 Å². The summed E-state index contributed by atoms with van der Waals surface area (Å²) in [6, 6.07) is 15.6. The van der Waals surface area contributed by atoms with E-state index in [1.807, 2.05) is 47.0 Å². The van der Waals surface area contributed by atoms with Gasteiger partial charge in [-0.05, 0) is 43.6 Å². The van der Waals surface area contributed by atoms with Crippen LogP contribution in [-0.4, -0.2) is 17.7 Å². The molecule has 21 heavy (non-hydrogen) atoms. The van der Waals surface area contributed by atoms with Gasteiger partial charge in [-0.15, -0.1) is 0 Å². The Bertz CT molecular complexity index is 722. The minimum atomic E-state index is -0.175. The molecule has 4 heteroatoms. The molecule has 0 amide bonds. The summed E-state index contributed by atoms with van der Waals surface area (Å²) in [5, 5.41) is 12.4. The zero-order valence-corrected chi connectivity index (χ0v) is 11.7. The maximum atomic E-state index is 12.6. The van der Waals surface area contributed by atoms with Crippen molar-refractivity contribution in [3.8, 4) is 17.3 Å². The summed E-state index contributed by atoms with van der Waals surface area (Å²) in [6.45, 7) is 1.81. The van der Waals surface area contributed by atoms with Gasteiger partial charge in [0.1, 0.15) is 11.6 Å². The number of nitrogens with one attached hydrogen (secondary N) is 1. The molecule has 106 valence electrons. The number of nitriles is 1. The lowest BCUT2D eigenvalue weighted by atomic mass is 10.0. The zero-order valence-electron chi connectivity index (χ0n) is 11.7. The maximum absolute atomic E-state index is 12.6. The van der Waals surface area contributed by atoms with Gasteiger partial charge in [-0.1, -0.05) is 30.3 Å². The first-order valence-corrected chi connectivity index (χ1v) is 7.23. The Labute approximate surface area is 123 Å². The summed E-state index contributed by atoms with van der Waals surface area (Å²) in [7, 11) is 0. The van der Waals surface area contributed by atoms with Gasteiger partial charge in [0.25, 0.3) is 5.56 Å². The molecule has 1 N–H and O–H groups in total. The normalized spacial score (nSPS) is 15.6. The number of hydrogen-bond acceptors (Lipinski definition) is 3. The lowest BCUT2D eigenvalue weighted by Gasteiger charge is -2.27. The van der Waals surface area contributed by atoms with Crippen LogP contribution in [0.25, 0.3) is 11.3 Å². The number of hydrogen-bond donors (Lipinski definition) is 1. The van der Waals surface area contributed by atoms with Crippen molar-refractivity contribution < 1.29 is 0 Å². The SMILES string of the molecule is N#Cc1ccc(-c2ccccc2)n(C2CCNCC2)c1=O. The van der Waals surface area contributed by atoms with Crippen LogP contribution in [0.2, 0.25) is 0 Å². The highest BCUT2D eigenvalue weighted by Crippen LogP contribution is 2.25. The molecule has 1 fully saturated rings. The molecule has 4 nitrogen and oxygen atoms in total. The molecule has 2 heterocycles. The van der Waals surface area contributed by atoms with Gasteiger partial charge in [-0.2, -0.15) is 5.26 Å². The highest BCUT2D eigenvalue weighted by atomic mass is 16.1. The van der Waals surface area contributed by atoms with Crippen LogP contribution in [0.5, 0.6) is 0 Å². The average molecular weight is 279 g/mol. The fourth-order valence-electron chi connectivity index (χ4n) is 2.91. The van der Waals surface area contributed by atoms with Crippen molar-refractivity contribution in [2.45, 2.75) is 18.9 Å². The lowest BCUT2D eigenvalue weighted by molar-refractivity contribution is 0.363. The molecular weight excluding hydrogens is 262 g/mol. The van der Waals surface area contributed by atoms with E-state index >= 15 is 0 Å². The Balaban J connectivity index is 2.18. The third kappa shape index (κ3) is 2.61. The molecule has 1 aliphatic rings. The molecule has 2 aromatic rings. The Kier molecular flexibility index (Phi) is 3.85. The van der Waals surface area contributed by atoms with E-state index in [0.29, 0.717) is 0 Å². The molecule has 1 aliphatic heterocycles. The molecule has 1 aromatic carbocycles. The van der Waals surface area contributed by atoms with E-state index < -0.39 is 0 Å². The van der Waals surface area contributed by atoms with Crippen molar-refractivity contribution >= 4 is 0 Å². The monoisotopic (exact) mass is 279 g/mol. The van der Waals surface area contributed by atoms with E-state index in [1.165, 1.54) is 0 Å².